The van der Waals surface area contributed by atoms with Crippen LogP contribution in [0.25, 0.3) is 5.70 Å². The molecule has 0 saturated carbocycles. The van der Waals surface area contributed by atoms with Crippen molar-refractivity contribution in [1.29, 1.82) is 0 Å². The van der Waals surface area contributed by atoms with Crippen LogP contribution in [0.1, 0.15) is 32.8 Å². The molecule has 1 heterocycles. The molecule has 2 rings (SSSR count). The molecule has 1 radical (unpaired) electrons. The molecule has 0 aromatic heterocycles. The topological polar surface area (TPSA) is 29.5 Å². The first-order chi connectivity index (χ1) is 10.6. The van der Waals surface area contributed by atoms with Crippen LogP contribution in [0.5, 0.6) is 5.75 Å². The third kappa shape index (κ3) is 4.83. The van der Waals surface area contributed by atoms with Gasteiger partial charge in [-0.2, -0.15) is 0 Å². The predicted octanol–water partition coefficient (Wildman–Crippen LogP) is 3.77. The SMILES string of the molecule is CC#CCOc1ccc(C2=[C-]CC(C)C(=O)N2CC)c(Cl)c1.[Y]. The van der Waals surface area contributed by atoms with Crippen LogP contribution >= 0.6 is 11.6 Å². The number of halogens is 1. The molecule has 1 aromatic rings. The van der Waals surface area contributed by atoms with Gasteiger partial charge in [0.2, 0.25) is 5.91 Å². The van der Waals surface area contributed by atoms with Crippen molar-refractivity contribution in [2.45, 2.75) is 27.2 Å². The van der Waals surface area contributed by atoms with Crippen molar-refractivity contribution in [3.05, 3.63) is 34.9 Å². The van der Waals surface area contributed by atoms with E-state index in [2.05, 4.69) is 17.9 Å². The first-order valence-corrected chi connectivity index (χ1v) is 7.70. The van der Waals surface area contributed by atoms with Gasteiger partial charge in [0.1, 0.15) is 12.4 Å². The molecule has 0 aliphatic carbocycles. The molecule has 0 fully saturated rings. The number of nitrogens with zero attached hydrogens (tertiary/aromatic N) is 1. The summed E-state index contributed by atoms with van der Waals surface area (Å²) in [5.41, 5.74) is 1.56. The Morgan fingerprint density at radius 3 is 2.83 bits per heavy atom. The molecular formula is C18H19ClNO2Y-. The van der Waals surface area contributed by atoms with E-state index in [1.54, 1.807) is 17.9 Å². The number of carbonyl (C=O) groups is 1. The van der Waals surface area contributed by atoms with E-state index in [1.807, 2.05) is 26.0 Å². The molecule has 119 valence electrons. The molecule has 23 heavy (non-hydrogen) atoms. The van der Waals surface area contributed by atoms with E-state index in [0.29, 0.717) is 30.3 Å². The van der Waals surface area contributed by atoms with Gasteiger partial charge in [0.05, 0.1) is 0 Å². The zero-order valence-corrected chi connectivity index (χ0v) is 17.2. The Kier molecular flexibility index (Phi) is 8.33. The summed E-state index contributed by atoms with van der Waals surface area (Å²) in [5, 5.41) is 0.547. The molecule has 1 aliphatic heterocycles. The Bertz CT molecular complexity index is 661. The van der Waals surface area contributed by atoms with Gasteiger partial charge < -0.3 is 9.64 Å². The van der Waals surface area contributed by atoms with Crippen LogP contribution < -0.4 is 4.74 Å². The molecule has 1 unspecified atom stereocenters. The smallest absolute Gasteiger partial charge is 0.225 e. The quantitative estimate of drug-likeness (QED) is 0.564. The van der Waals surface area contributed by atoms with Crippen molar-refractivity contribution >= 4 is 23.2 Å². The van der Waals surface area contributed by atoms with Gasteiger partial charge >= 0.3 is 0 Å². The minimum absolute atomic E-state index is 0. The molecule has 1 aromatic carbocycles. The van der Waals surface area contributed by atoms with E-state index in [-0.39, 0.29) is 44.5 Å². The summed E-state index contributed by atoms with van der Waals surface area (Å²) in [5.74, 6) is 6.36. The second-order valence-electron chi connectivity index (χ2n) is 5.07. The number of carbonyl (C=O) groups excluding carboxylic acids is 1. The molecule has 1 atom stereocenters. The van der Waals surface area contributed by atoms with Crippen LogP contribution in [0.15, 0.2) is 18.2 Å². The van der Waals surface area contributed by atoms with E-state index in [1.165, 1.54) is 0 Å². The largest absolute Gasteiger partial charge is 0.481 e. The molecule has 1 aliphatic rings. The van der Waals surface area contributed by atoms with Gasteiger partial charge in [0.25, 0.3) is 0 Å². The Labute approximate surface area is 168 Å². The van der Waals surface area contributed by atoms with Gasteiger partial charge in [-0.1, -0.05) is 19.3 Å². The average Bonchev–Trinajstić information content (AvgIpc) is 2.51. The molecular weight excluding hydrogens is 387 g/mol. The first-order valence-electron chi connectivity index (χ1n) is 7.33. The van der Waals surface area contributed by atoms with Crippen molar-refractivity contribution in [1.82, 2.24) is 4.90 Å². The number of hydrogen-bond donors (Lipinski definition) is 0. The Hall–Kier alpha value is -0.816. The standard InChI is InChI=1S/C18H19ClNO2.Y/c1-4-6-11-22-14-8-9-15(16(19)12-14)17-10-7-13(3)18(21)20(17)5-2;/h8-9,12-13H,5,7,11H2,1-3H3;/q-1;. The maximum atomic E-state index is 12.3. The Morgan fingerprint density at radius 1 is 1.48 bits per heavy atom. The molecule has 0 spiro atoms. The number of hydrogen-bond acceptors (Lipinski definition) is 2. The van der Waals surface area contributed by atoms with Gasteiger partial charge in [0.15, 0.2) is 0 Å². The number of allylic oxidation sites excluding steroid dienone is 1. The predicted molar refractivity (Wildman–Crippen MR) is 88.2 cm³/mol. The summed E-state index contributed by atoms with van der Waals surface area (Å²) in [6.45, 7) is 6.57. The van der Waals surface area contributed by atoms with E-state index >= 15 is 0 Å². The Morgan fingerprint density at radius 2 is 2.22 bits per heavy atom. The van der Waals surface area contributed by atoms with Crippen molar-refractivity contribution in [2.75, 3.05) is 13.2 Å². The second-order valence-corrected chi connectivity index (χ2v) is 5.48. The normalized spacial score (nSPS) is 16.9. The van der Waals surface area contributed by atoms with E-state index in [0.717, 1.165) is 11.3 Å². The molecule has 0 bridgehead atoms. The fraction of sp³-hybridized carbons (Fsp3) is 0.389. The van der Waals surface area contributed by atoms with Crippen LogP contribution in [0.2, 0.25) is 5.02 Å². The fourth-order valence-electron chi connectivity index (χ4n) is 2.33. The summed E-state index contributed by atoms with van der Waals surface area (Å²) >= 11 is 6.37. The third-order valence-electron chi connectivity index (χ3n) is 3.53. The molecule has 1 amide bonds. The fourth-order valence-corrected chi connectivity index (χ4v) is 2.59. The van der Waals surface area contributed by atoms with Crippen molar-refractivity contribution in [3.63, 3.8) is 0 Å². The van der Waals surface area contributed by atoms with Crippen LogP contribution in [0, 0.1) is 23.8 Å². The van der Waals surface area contributed by atoms with Crippen LogP contribution in [-0.4, -0.2) is 24.0 Å². The van der Waals surface area contributed by atoms with Crippen molar-refractivity contribution < 1.29 is 42.2 Å². The number of ether oxygens (including phenoxy) is 1. The number of amides is 1. The monoisotopic (exact) mass is 405 g/mol. The van der Waals surface area contributed by atoms with Gasteiger partial charge in [-0.3, -0.25) is 4.79 Å². The van der Waals surface area contributed by atoms with E-state index in [4.69, 9.17) is 16.3 Å². The zero-order chi connectivity index (χ0) is 16.1. The van der Waals surface area contributed by atoms with Crippen LogP contribution in [0.4, 0.5) is 0 Å². The maximum absolute atomic E-state index is 12.3. The molecule has 3 nitrogen and oxygen atoms in total. The molecule has 0 N–H and O–H groups in total. The zero-order valence-electron chi connectivity index (χ0n) is 13.6. The van der Waals surface area contributed by atoms with Gasteiger partial charge in [-0.05, 0) is 31.0 Å². The number of rotatable bonds is 4. The summed E-state index contributed by atoms with van der Waals surface area (Å²) in [6.07, 6.45) is 3.92. The minimum Gasteiger partial charge on any atom is -0.481 e. The van der Waals surface area contributed by atoms with Gasteiger partial charge in [-0.15, -0.1) is 34.8 Å². The van der Waals surface area contributed by atoms with Crippen molar-refractivity contribution in [3.8, 4) is 17.6 Å². The van der Waals surface area contributed by atoms with E-state index in [9.17, 15) is 4.79 Å². The van der Waals surface area contributed by atoms with Crippen LogP contribution in [0.3, 0.4) is 0 Å². The summed E-state index contributed by atoms with van der Waals surface area (Å²) in [7, 11) is 0. The third-order valence-corrected chi connectivity index (χ3v) is 3.85. The summed E-state index contributed by atoms with van der Waals surface area (Å²) in [4.78, 5) is 14.0. The van der Waals surface area contributed by atoms with Crippen molar-refractivity contribution in [2.24, 2.45) is 5.92 Å². The minimum atomic E-state index is -0.0299. The van der Waals surface area contributed by atoms with E-state index < -0.39 is 0 Å². The Balaban J connectivity index is 0.00000264. The maximum Gasteiger partial charge on any atom is 0.225 e. The molecule has 0 saturated heterocycles. The van der Waals surface area contributed by atoms with Crippen LogP contribution in [-0.2, 0) is 37.5 Å². The number of benzene rings is 1. The summed E-state index contributed by atoms with van der Waals surface area (Å²) < 4.78 is 5.49. The molecule has 5 heteroatoms. The average molecular weight is 406 g/mol. The van der Waals surface area contributed by atoms with Gasteiger partial charge in [-0.25, -0.2) is 6.08 Å². The summed E-state index contributed by atoms with van der Waals surface area (Å²) in [6, 6.07) is 5.45. The van der Waals surface area contributed by atoms with Gasteiger partial charge in [0, 0.05) is 45.2 Å². The first kappa shape index (κ1) is 20.2. The second kappa shape index (κ2) is 9.47.